The molecule has 3 aromatic carbocycles. The molecule has 0 saturated carbocycles. The Morgan fingerprint density at radius 2 is 1.39 bits per heavy atom. The molecule has 0 bridgehead atoms. The van der Waals surface area contributed by atoms with Gasteiger partial charge in [0.25, 0.3) is 5.91 Å². The number of carbonyl (C=O) groups excluding carboxylic acids is 7. The molecule has 4 rings (SSSR count). The zero-order valence-corrected chi connectivity index (χ0v) is 42.0. The fourth-order valence-electron chi connectivity index (χ4n) is 7.99. The topological polar surface area (TPSA) is 222 Å². The largest absolute Gasteiger partial charge is 0.445 e. The minimum absolute atomic E-state index is 0.0488. The summed E-state index contributed by atoms with van der Waals surface area (Å²) in [6, 6.07) is 22.0. The molecule has 6 N–H and O–H groups in total. The molecule has 1 heterocycles. The summed E-state index contributed by atoms with van der Waals surface area (Å²) in [4.78, 5) is 94.3. The Hall–Kier alpha value is -7.17. The number of nitrogens with two attached hydrogens (primary N) is 1. The van der Waals surface area contributed by atoms with E-state index in [-0.39, 0.29) is 50.3 Å². The standard InChI is InChI=1S/C53H72N8O9/c1-36(2)46(58-44(62)20-14-11-15-32-61-37(3)21-30-45(61)63)48(65)57-43(19-16-31-55-49(54)66)47(64)56-42-28-22-38(23-29-42)33-69-50(67)59(8)34-52(4,5)35-60(9)51(68)70-53(6,7)41-26-24-40(25-27-41)39-17-12-10-13-18-39/h10,12-13,17-18,21-30,36,43,46H,3,11,14-16,19-20,31-35H2,1-2,4-9H3,(H,56,64)(H,57,65)(H,58,62)(H3,54,55,66)/t43-,46-/m0/s1. The number of unbranched alkanes of at least 4 members (excludes halogenated alkanes) is 2. The number of primary amides is 1. The second-order valence-corrected chi connectivity index (χ2v) is 19.3. The zero-order valence-electron chi connectivity index (χ0n) is 42.0. The van der Waals surface area contributed by atoms with Crippen LogP contribution in [0.3, 0.4) is 0 Å². The third-order valence-electron chi connectivity index (χ3n) is 11.8. The molecular weight excluding hydrogens is 893 g/mol. The Balaban J connectivity index is 1.24. The Morgan fingerprint density at radius 3 is 1.99 bits per heavy atom. The maximum Gasteiger partial charge on any atom is 0.410 e. The molecule has 2 atom stereocenters. The average molecular weight is 965 g/mol. The van der Waals surface area contributed by atoms with Crippen molar-refractivity contribution in [2.24, 2.45) is 17.1 Å². The number of rotatable bonds is 25. The van der Waals surface area contributed by atoms with Crippen molar-refractivity contribution in [3.8, 4) is 11.1 Å². The summed E-state index contributed by atoms with van der Waals surface area (Å²) in [5, 5.41) is 10.9. The molecule has 17 nitrogen and oxygen atoms in total. The molecule has 0 spiro atoms. The van der Waals surface area contributed by atoms with Gasteiger partial charge in [-0.25, -0.2) is 14.4 Å². The third-order valence-corrected chi connectivity index (χ3v) is 11.8. The van der Waals surface area contributed by atoms with E-state index in [1.165, 1.54) is 15.9 Å². The van der Waals surface area contributed by atoms with E-state index in [2.05, 4.69) is 27.8 Å². The average Bonchev–Trinajstić information content (AvgIpc) is 3.63. The van der Waals surface area contributed by atoms with Crippen LogP contribution >= 0.6 is 0 Å². The maximum atomic E-state index is 13.6. The molecule has 0 fully saturated rings. The Morgan fingerprint density at radius 1 is 0.757 bits per heavy atom. The number of urea groups is 1. The van der Waals surface area contributed by atoms with Crippen LogP contribution in [0, 0.1) is 11.3 Å². The van der Waals surface area contributed by atoms with E-state index in [4.69, 9.17) is 15.2 Å². The summed E-state index contributed by atoms with van der Waals surface area (Å²) in [6.45, 7) is 16.2. The van der Waals surface area contributed by atoms with Crippen molar-refractivity contribution in [3.63, 3.8) is 0 Å². The minimum Gasteiger partial charge on any atom is -0.445 e. The highest BCUT2D eigenvalue weighted by molar-refractivity contribution is 5.98. The van der Waals surface area contributed by atoms with Gasteiger partial charge < -0.3 is 51.2 Å². The highest BCUT2D eigenvalue weighted by Gasteiger charge is 2.32. The van der Waals surface area contributed by atoms with E-state index in [0.717, 1.165) is 16.7 Å². The molecule has 0 saturated heterocycles. The molecule has 3 aromatic rings. The number of allylic oxidation sites excluding steroid dienone is 1. The number of amides is 8. The van der Waals surface area contributed by atoms with Gasteiger partial charge in [0.15, 0.2) is 0 Å². The lowest BCUT2D eigenvalue weighted by Gasteiger charge is -2.35. The van der Waals surface area contributed by atoms with Crippen molar-refractivity contribution in [1.29, 1.82) is 0 Å². The molecule has 70 heavy (non-hydrogen) atoms. The van der Waals surface area contributed by atoms with E-state index in [1.54, 1.807) is 63.2 Å². The molecular formula is C53H72N8O9. The van der Waals surface area contributed by atoms with Crippen molar-refractivity contribution in [1.82, 2.24) is 30.7 Å². The van der Waals surface area contributed by atoms with Crippen LogP contribution in [0.15, 0.2) is 103 Å². The molecule has 8 amide bonds. The molecule has 0 aromatic heterocycles. The first kappa shape index (κ1) is 55.4. The number of hydrogen-bond acceptors (Lipinski definition) is 9. The summed E-state index contributed by atoms with van der Waals surface area (Å²) < 4.78 is 11.6. The molecule has 1 aliphatic rings. The van der Waals surface area contributed by atoms with Gasteiger partial charge in [-0.2, -0.15) is 0 Å². The van der Waals surface area contributed by atoms with E-state index in [9.17, 15) is 33.6 Å². The summed E-state index contributed by atoms with van der Waals surface area (Å²) in [5.74, 6) is -1.77. The normalized spacial score (nSPS) is 13.3. The predicted octanol–water partition coefficient (Wildman–Crippen LogP) is 7.44. The summed E-state index contributed by atoms with van der Waals surface area (Å²) in [7, 11) is 3.29. The predicted molar refractivity (Wildman–Crippen MR) is 270 cm³/mol. The highest BCUT2D eigenvalue weighted by atomic mass is 16.6. The van der Waals surface area contributed by atoms with Crippen LogP contribution in [0.5, 0.6) is 0 Å². The molecule has 0 aliphatic carbocycles. The Labute approximate surface area is 412 Å². The summed E-state index contributed by atoms with van der Waals surface area (Å²) in [5.41, 5.74) is 8.52. The van der Waals surface area contributed by atoms with Crippen LogP contribution in [0.25, 0.3) is 11.1 Å². The number of carbonyl (C=O) groups is 7. The lowest BCUT2D eigenvalue weighted by molar-refractivity contribution is -0.132. The van der Waals surface area contributed by atoms with Gasteiger partial charge in [0.05, 0.1) is 0 Å². The number of nitrogens with zero attached hydrogens (tertiary/aromatic N) is 3. The number of ether oxygens (including phenoxy) is 2. The lowest BCUT2D eigenvalue weighted by Crippen LogP contribution is -2.54. The first-order valence-corrected chi connectivity index (χ1v) is 23.7. The van der Waals surface area contributed by atoms with Crippen molar-refractivity contribution in [3.05, 3.63) is 114 Å². The molecule has 17 heteroatoms. The fraction of sp³-hybridized carbons (Fsp3) is 0.453. The Bertz CT molecular complexity index is 2300. The smallest absolute Gasteiger partial charge is 0.410 e. The number of anilines is 1. The lowest BCUT2D eigenvalue weighted by atomic mass is 9.92. The van der Waals surface area contributed by atoms with Crippen LogP contribution < -0.4 is 27.0 Å². The summed E-state index contributed by atoms with van der Waals surface area (Å²) in [6.07, 6.45) is 4.68. The molecule has 0 radical (unpaired) electrons. The Kier molecular flexibility index (Phi) is 20.6. The van der Waals surface area contributed by atoms with E-state index < -0.39 is 53.1 Å². The zero-order chi connectivity index (χ0) is 51.6. The maximum absolute atomic E-state index is 13.6. The van der Waals surface area contributed by atoms with Gasteiger partial charge in [-0.05, 0) is 85.9 Å². The fourth-order valence-corrected chi connectivity index (χ4v) is 7.99. The highest BCUT2D eigenvalue weighted by Crippen LogP contribution is 2.29. The van der Waals surface area contributed by atoms with Crippen LogP contribution in [0.2, 0.25) is 0 Å². The molecule has 1 aliphatic heterocycles. The number of benzene rings is 3. The van der Waals surface area contributed by atoms with Crippen molar-refractivity contribution >= 4 is 47.5 Å². The van der Waals surface area contributed by atoms with Crippen LogP contribution in [0.4, 0.5) is 20.1 Å². The second kappa shape index (κ2) is 26.0. The monoisotopic (exact) mass is 965 g/mol. The van der Waals surface area contributed by atoms with E-state index in [1.807, 2.05) is 82.3 Å². The third kappa shape index (κ3) is 17.7. The molecule has 0 unspecified atom stereocenters. The van der Waals surface area contributed by atoms with Crippen molar-refractivity contribution in [2.45, 2.75) is 104 Å². The van der Waals surface area contributed by atoms with Crippen molar-refractivity contribution in [2.75, 3.05) is 45.6 Å². The SMILES string of the molecule is C=C1C=CC(=O)N1CCCCCC(=O)N[C@H](C(=O)N[C@@H](CCCNC(N)=O)C(=O)Nc1ccc(COC(=O)N(C)CC(C)(C)CN(C)C(=O)OC(C)(C)c2ccc(-c3ccccc3)cc2)cc1)C(C)C. The second-order valence-electron chi connectivity index (χ2n) is 19.3. The van der Waals surface area contributed by atoms with Gasteiger partial charge in [-0.15, -0.1) is 0 Å². The van der Waals surface area contributed by atoms with E-state index >= 15 is 0 Å². The van der Waals surface area contributed by atoms with Crippen LogP contribution in [-0.2, 0) is 40.9 Å². The van der Waals surface area contributed by atoms with Crippen LogP contribution in [-0.4, -0.2) is 109 Å². The van der Waals surface area contributed by atoms with Gasteiger partial charge in [0, 0.05) is 69.6 Å². The quantitative estimate of drug-likeness (QED) is 0.0532. The van der Waals surface area contributed by atoms with Gasteiger partial charge >= 0.3 is 18.2 Å². The van der Waals surface area contributed by atoms with Gasteiger partial charge in [-0.3, -0.25) is 19.2 Å². The first-order valence-electron chi connectivity index (χ1n) is 23.7. The van der Waals surface area contributed by atoms with Gasteiger partial charge in [0.2, 0.25) is 17.7 Å². The number of nitrogens with one attached hydrogen (secondary N) is 4. The number of hydrogen-bond donors (Lipinski definition) is 5. The minimum atomic E-state index is -1.03. The summed E-state index contributed by atoms with van der Waals surface area (Å²) >= 11 is 0. The van der Waals surface area contributed by atoms with E-state index in [0.29, 0.717) is 55.7 Å². The molecule has 378 valence electrons. The van der Waals surface area contributed by atoms with Crippen LogP contribution in [0.1, 0.15) is 91.2 Å². The first-order chi connectivity index (χ1) is 33.0. The van der Waals surface area contributed by atoms with Crippen molar-refractivity contribution < 1.29 is 43.0 Å². The van der Waals surface area contributed by atoms with Gasteiger partial charge in [-0.1, -0.05) is 107 Å². The van der Waals surface area contributed by atoms with Gasteiger partial charge in [0.1, 0.15) is 24.3 Å².